The van der Waals surface area contributed by atoms with Gasteiger partial charge in [0.1, 0.15) is 0 Å². The molecule has 1 atom stereocenters. The SMILES string of the molecule is OC(CN1CCOCC1)c1ccc(NCc2cnc(Cl)s2)cc1. The summed E-state index contributed by atoms with van der Waals surface area (Å²) in [7, 11) is 0. The first-order valence-corrected chi connectivity index (χ1v) is 8.82. The average molecular weight is 354 g/mol. The van der Waals surface area contributed by atoms with E-state index in [9.17, 15) is 5.11 Å². The van der Waals surface area contributed by atoms with Gasteiger partial charge in [-0.05, 0) is 17.7 Å². The molecule has 2 aromatic rings. The predicted octanol–water partition coefficient (Wildman–Crippen LogP) is 2.77. The molecule has 1 aliphatic rings. The van der Waals surface area contributed by atoms with Crippen LogP contribution in [0.25, 0.3) is 0 Å². The Hall–Kier alpha value is -1.18. The van der Waals surface area contributed by atoms with E-state index in [0.717, 1.165) is 42.4 Å². The van der Waals surface area contributed by atoms with Crippen LogP contribution in [0.15, 0.2) is 30.5 Å². The van der Waals surface area contributed by atoms with Crippen molar-refractivity contribution in [2.24, 2.45) is 0 Å². The Balaban J connectivity index is 1.51. The molecule has 1 aromatic heterocycles. The summed E-state index contributed by atoms with van der Waals surface area (Å²) >= 11 is 7.29. The van der Waals surface area contributed by atoms with E-state index in [1.165, 1.54) is 11.3 Å². The van der Waals surface area contributed by atoms with Crippen LogP contribution in [-0.4, -0.2) is 47.8 Å². The molecule has 0 saturated carbocycles. The van der Waals surface area contributed by atoms with Gasteiger partial charge in [-0.3, -0.25) is 4.90 Å². The fourth-order valence-corrected chi connectivity index (χ4v) is 3.43. The number of morpholine rings is 1. The van der Waals surface area contributed by atoms with Crippen LogP contribution in [0.5, 0.6) is 0 Å². The third-order valence-corrected chi connectivity index (χ3v) is 4.94. The molecule has 2 N–H and O–H groups in total. The summed E-state index contributed by atoms with van der Waals surface area (Å²) in [6.45, 7) is 4.60. The number of thiazole rings is 1. The van der Waals surface area contributed by atoms with E-state index in [4.69, 9.17) is 16.3 Å². The number of anilines is 1. The van der Waals surface area contributed by atoms with E-state index in [2.05, 4.69) is 15.2 Å². The lowest BCUT2D eigenvalue weighted by Crippen LogP contribution is -2.38. The Bertz CT molecular complexity index is 614. The molecule has 2 heterocycles. The first kappa shape index (κ1) is 16.7. The van der Waals surface area contributed by atoms with Crippen molar-refractivity contribution in [3.8, 4) is 0 Å². The van der Waals surface area contributed by atoms with Gasteiger partial charge in [-0.1, -0.05) is 23.7 Å². The molecule has 0 spiro atoms. The van der Waals surface area contributed by atoms with Gasteiger partial charge in [0, 0.05) is 36.4 Å². The van der Waals surface area contributed by atoms with Crippen LogP contribution in [0.1, 0.15) is 16.5 Å². The minimum atomic E-state index is -0.470. The molecule has 0 amide bonds. The highest BCUT2D eigenvalue weighted by Crippen LogP contribution is 2.21. The summed E-state index contributed by atoms with van der Waals surface area (Å²) in [5.74, 6) is 0. The Morgan fingerprint density at radius 2 is 2.04 bits per heavy atom. The lowest BCUT2D eigenvalue weighted by Gasteiger charge is -2.28. The smallest absolute Gasteiger partial charge is 0.183 e. The molecule has 1 unspecified atom stereocenters. The van der Waals surface area contributed by atoms with Gasteiger partial charge < -0.3 is 15.2 Å². The highest BCUT2D eigenvalue weighted by Gasteiger charge is 2.16. The molecular weight excluding hydrogens is 334 g/mol. The Labute approximate surface area is 144 Å². The van der Waals surface area contributed by atoms with Gasteiger partial charge in [-0.2, -0.15) is 0 Å². The van der Waals surface area contributed by atoms with Crippen molar-refractivity contribution in [3.05, 3.63) is 45.4 Å². The monoisotopic (exact) mass is 353 g/mol. The number of benzene rings is 1. The minimum absolute atomic E-state index is 0.470. The number of aliphatic hydroxyl groups is 1. The highest BCUT2D eigenvalue weighted by molar-refractivity contribution is 7.15. The van der Waals surface area contributed by atoms with Gasteiger partial charge in [0.05, 0.1) is 25.9 Å². The fourth-order valence-electron chi connectivity index (χ4n) is 2.51. The highest BCUT2D eigenvalue weighted by atomic mass is 35.5. The number of ether oxygens (including phenoxy) is 1. The average Bonchev–Trinajstić information content (AvgIpc) is 3.00. The topological polar surface area (TPSA) is 57.6 Å². The van der Waals surface area contributed by atoms with E-state index >= 15 is 0 Å². The summed E-state index contributed by atoms with van der Waals surface area (Å²) in [5, 5.41) is 13.7. The van der Waals surface area contributed by atoms with E-state index in [1.54, 1.807) is 6.20 Å². The quantitative estimate of drug-likeness (QED) is 0.836. The number of aliphatic hydroxyl groups excluding tert-OH is 1. The second-order valence-electron chi connectivity index (χ2n) is 5.48. The number of aromatic nitrogens is 1. The third kappa shape index (κ3) is 4.89. The zero-order valence-corrected chi connectivity index (χ0v) is 14.3. The van der Waals surface area contributed by atoms with Crippen LogP contribution in [0.4, 0.5) is 5.69 Å². The molecule has 1 aromatic carbocycles. The summed E-state index contributed by atoms with van der Waals surface area (Å²) in [6.07, 6.45) is 1.31. The molecule has 1 saturated heterocycles. The molecule has 0 aliphatic carbocycles. The van der Waals surface area contributed by atoms with Gasteiger partial charge in [-0.25, -0.2) is 4.98 Å². The number of hydrogen-bond donors (Lipinski definition) is 2. The second kappa shape index (κ2) is 8.08. The minimum Gasteiger partial charge on any atom is -0.387 e. The first-order chi connectivity index (χ1) is 11.2. The third-order valence-electron chi connectivity index (χ3n) is 3.82. The van der Waals surface area contributed by atoms with E-state index in [1.807, 2.05) is 24.3 Å². The van der Waals surface area contributed by atoms with Crippen LogP contribution >= 0.6 is 22.9 Å². The zero-order chi connectivity index (χ0) is 16.1. The van der Waals surface area contributed by atoms with E-state index in [0.29, 0.717) is 17.6 Å². The van der Waals surface area contributed by atoms with Crippen molar-refractivity contribution in [3.63, 3.8) is 0 Å². The number of nitrogens with zero attached hydrogens (tertiary/aromatic N) is 2. The van der Waals surface area contributed by atoms with Gasteiger partial charge >= 0.3 is 0 Å². The van der Waals surface area contributed by atoms with Crippen LogP contribution in [0.2, 0.25) is 4.47 Å². The van der Waals surface area contributed by atoms with Crippen LogP contribution in [0.3, 0.4) is 0 Å². The van der Waals surface area contributed by atoms with Gasteiger partial charge in [0.15, 0.2) is 4.47 Å². The molecule has 3 rings (SSSR count). The summed E-state index contributed by atoms with van der Waals surface area (Å²) in [6, 6.07) is 7.90. The molecule has 23 heavy (non-hydrogen) atoms. The fraction of sp³-hybridized carbons (Fsp3) is 0.438. The van der Waals surface area contributed by atoms with Crippen molar-refractivity contribution >= 4 is 28.6 Å². The maximum absolute atomic E-state index is 10.4. The molecule has 1 fully saturated rings. The predicted molar refractivity (Wildman–Crippen MR) is 93.1 cm³/mol. The molecule has 0 bridgehead atoms. The van der Waals surface area contributed by atoms with E-state index in [-0.39, 0.29) is 0 Å². The van der Waals surface area contributed by atoms with Crippen LogP contribution in [-0.2, 0) is 11.3 Å². The van der Waals surface area contributed by atoms with Crippen LogP contribution in [0, 0.1) is 0 Å². The largest absolute Gasteiger partial charge is 0.387 e. The van der Waals surface area contributed by atoms with Crippen LogP contribution < -0.4 is 5.32 Å². The first-order valence-electron chi connectivity index (χ1n) is 7.63. The Kier molecular flexibility index (Phi) is 5.85. The van der Waals surface area contributed by atoms with Crippen molar-refractivity contribution in [2.75, 3.05) is 38.2 Å². The zero-order valence-electron chi connectivity index (χ0n) is 12.7. The molecule has 124 valence electrons. The molecule has 7 heteroatoms. The standard InChI is InChI=1S/C16H20ClN3O2S/c17-16-19-10-14(23-16)9-18-13-3-1-12(2-4-13)15(21)11-20-5-7-22-8-6-20/h1-4,10,15,18,21H,5-9,11H2. The summed E-state index contributed by atoms with van der Waals surface area (Å²) in [5.41, 5.74) is 1.94. The Morgan fingerprint density at radius 1 is 1.30 bits per heavy atom. The lowest BCUT2D eigenvalue weighted by atomic mass is 10.1. The number of halogens is 1. The molecular formula is C16H20ClN3O2S. The normalized spacial score (nSPS) is 17.1. The molecule has 0 radical (unpaired) electrons. The number of hydrogen-bond acceptors (Lipinski definition) is 6. The lowest BCUT2D eigenvalue weighted by molar-refractivity contribution is 0.0143. The number of rotatable bonds is 6. The second-order valence-corrected chi connectivity index (χ2v) is 7.18. The van der Waals surface area contributed by atoms with Gasteiger partial charge in [0.2, 0.25) is 0 Å². The van der Waals surface area contributed by atoms with E-state index < -0.39 is 6.10 Å². The van der Waals surface area contributed by atoms with Crippen molar-refractivity contribution < 1.29 is 9.84 Å². The number of nitrogens with one attached hydrogen (secondary N) is 1. The van der Waals surface area contributed by atoms with Crippen molar-refractivity contribution in [2.45, 2.75) is 12.6 Å². The summed E-state index contributed by atoms with van der Waals surface area (Å²) < 4.78 is 5.88. The number of β-amino-alcohol motifs (C(OH)–C–C–N with tert-alkyl or cyclic N) is 1. The summed E-state index contributed by atoms with van der Waals surface area (Å²) in [4.78, 5) is 7.34. The van der Waals surface area contributed by atoms with Crippen molar-refractivity contribution in [1.82, 2.24) is 9.88 Å². The maximum atomic E-state index is 10.4. The molecule has 1 aliphatic heterocycles. The Morgan fingerprint density at radius 3 is 2.70 bits per heavy atom. The molecule has 5 nitrogen and oxygen atoms in total. The van der Waals surface area contributed by atoms with Crippen molar-refractivity contribution in [1.29, 1.82) is 0 Å². The van der Waals surface area contributed by atoms with Gasteiger partial charge in [-0.15, -0.1) is 11.3 Å². The van der Waals surface area contributed by atoms with Gasteiger partial charge in [0.25, 0.3) is 0 Å². The maximum Gasteiger partial charge on any atom is 0.183 e.